The van der Waals surface area contributed by atoms with Crippen LogP contribution in [0.3, 0.4) is 0 Å². The molecule has 1 saturated heterocycles. The van der Waals surface area contributed by atoms with Gasteiger partial charge in [-0.15, -0.1) is 0 Å². The Morgan fingerprint density at radius 1 is 1.25 bits per heavy atom. The first kappa shape index (κ1) is 20.2. The van der Waals surface area contributed by atoms with Gasteiger partial charge >= 0.3 is 0 Å². The summed E-state index contributed by atoms with van der Waals surface area (Å²) in [4.78, 5) is 27.9. The lowest BCUT2D eigenvalue weighted by atomic mass is 9.97. The van der Waals surface area contributed by atoms with E-state index in [0.717, 1.165) is 11.3 Å². The highest BCUT2D eigenvalue weighted by Gasteiger charge is 2.32. The number of thiazole rings is 1. The van der Waals surface area contributed by atoms with Crippen LogP contribution in [0.5, 0.6) is 5.75 Å². The van der Waals surface area contributed by atoms with Crippen LogP contribution < -0.4 is 15.8 Å². The van der Waals surface area contributed by atoms with E-state index in [4.69, 9.17) is 10.5 Å². The fourth-order valence-corrected chi connectivity index (χ4v) is 5.05. The fourth-order valence-electron chi connectivity index (χ4n) is 2.91. The maximum atomic E-state index is 12.8. The van der Waals surface area contributed by atoms with Crippen molar-refractivity contribution in [3.05, 3.63) is 35.3 Å². The van der Waals surface area contributed by atoms with Gasteiger partial charge in [-0.25, -0.2) is 13.4 Å². The zero-order valence-electron chi connectivity index (χ0n) is 15.1. The van der Waals surface area contributed by atoms with Crippen LogP contribution in [0.15, 0.2) is 35.4 Å². The average Bonchev–Trinajstić information content (AvgIpc) is 3.17. The molecule has 0 aliphatic carbocycles. The van der Waals surface area contributed by atoms with Crippen LogP contribution in [0.25, 0.3) is 0 Å². The Bertz CT molecular complexity index is 964. The highest BCUT2D eigenvalue weighted by Crippen LogP contribution is 2.26. The van der Waals surface area contributed by atoms with E-state index in [1.807, 2.05) is 0 Å². The van der Waals surface area contributed by atoms with Gasteiger partial charge in [0.2, 0.25) is 15.9 Å². The molecule has 2 heterocycles. The number of methoxy groups -OCH3 is 1. The molecule has 2 aromatic rings. The molecule has 0 unspecified atom stereocenters. The molecule has 1 fully saturated rings. The molecule has 0 spiro atoms. The van der Waals surface area contributed by atoms with E-state index in [2.05, 4.69) is 10.3 Å². The van der Waals surface area contributed by atoms with E-state index in [-0.39, 0.29) is 34.7 Å². The lowest BCUT2D eigenvalue weighted by Gasteiger charge is -2.30. The number of nitrogens with one attached hydrogen (secondary N) is 1. The van der Waals surface area contributed by atoms with Gasteiger partial charge in [0.25, 0.3) is 5.91 Å². The van der Waals surface area contributed by atoms with Gasteiger partial charge in [-0.05, 0) is 37.1 Å². The smallest absolute Gasteiger partial charge is 0.260 e. The summed E-state index contributed by atoms with van der Waals surface area (Å²) < 4.78 is 31.9. The summed E-state index contributed by atoms with van der Waals surface area (Å²) in [5.41, 5.74) is 5.17. The standard InChI is InChI=1S/C17H20N4O5S2/c1-26-12-2-4-13(5-3-12)28(24,25)21-8-6-11(7-9-21)16(23)20-17-19-10-14(27-17)15(18)22/h2-5,10-11H,6-9H2,1H3,(H2,18,22)(H,19,20,23). The molecule has 1 aliphatic heterocycles. The normalized spacial score (nSPS) is 15.9. The van der Waals surface area contributed by atoms with E-state index in [9.17, 15) is 18.0 Å². The van der Waals surface area contributed by atoms with Crippen molar-refractivity contribution in [3.63, 3.8) is 0 Å². The molecule has 0 atom stereocenters. The number of anilines is 1. The number of hydrogen-bond donors (Lipinski definition) is 2. The maximum Gasteiger partial charge on any atom is 0.260 e. The Balaban J connectivity index is 1.59. The van der Waals surface area contributed by atoms with Gasteiger partial charge in [0, 0.05) is 19.0 Å². The van der Waals surface area contributed by atoms with E-state index in [1.165, 1.54) is 29.7 Å². The van der Waals surface area contributed by atoms with E-state index in [0.29, 0.717) is 23.7 Å². The van der Waals surface area contributed by atoms with Crippen LogP contribution in [0.2, 0.25) is 0 Å². The third-order valence-corrected chi connectivity index (χ3v) is 7.34. The molecule has 0 saturated carbocycles. The summed E-state index contributed by atoms with van der Waals surface area (Å²) in [5.74, 6) is -0.596. The van der Waals surface area contributed by atoms with Crippen LogP contribution in [0, 0.1) is 5.92 Å². The predicted molar refractivity (Wildman–Crippen MR) is 104 cm³/mol. The number of ether oxygens (including phenoxy) is 1. The number of carbonyl (C=O) groups is 2. The van der Waals surface area contributed by atoms with Gasteiger partial charge in [0.15, 0.2) is 5.13 Å². The van der Waals surface area contributed by atoms with E-state index >= 15 is 0 Å². The maximum absolute atomic E-state index is 12.8. The van der Waals surface area contributed by atoms with Crippen molar-refractivity contribution in [2.75, 3.05) is 25.5 Å². The monoisotopic (exact) mass is 424 g/mol. The van der Waals surface area contributed by atoms with Crippen molar-refractivity contribution in [2.45, 2.75) is 17.7 Å². The summed E-state index contributed by atoms with van der Waals surface area (Å²) in [5, 5.41) is 2.96. The van der Waals surface area contributed by atoms with Crippen molar-refractivity contribution in [1.82, 2.24) is 9.29 Å². The molecular weight excluding hydrogens is 404 g/mol. The zero-order valence-corrected chi connectivity index (χ0v) is 16.8. The first-order chi connectivity index (χ1) is 13.3. The minimum absolute atomic E-state index is 0.193. The summed E-state index contributed by atoms with van der Waals surface area (Å²) in [6, 6.07) is 6.21. The number of rotatable bonds is 6. The third-order valence-electron chi connectivity index (χ3n) is 4.50. The van der Waals surface area contributed by atoms with Crippen molar-refractivity contribution >= 4 is 38.3 Å². The number of piperidine rings is 1. The predicted octanol–water partition coefficient (Wildman–Crippen LogP) is 1.29. The minimum Gasteiger partial charge on any atom is -0.497 e. The van der Waals surface area contributed by atoms with Crippen LogP contribution in [-0.4, -0.2) is 49.7 Å². The minimum atomic E-state index is -3.62. The Morgan fingerprint density at radius 2 is 1.89 bits per heavy atom. The van der Waals surface area contributed by atoms with Gasteiger partial charge in [0.1, 0.15) is 10.6 Å². The quantitative estimate of drug-likeness (QED) is 0.718. The highest BCUT2D eigenvalue weighted by atomic mass is 32.2. The Kier molecular flexibility index (Phi) is 5.96. The summed E-state index contributed by atoms with van der Waals surface area (Å²) in [6.07, 6.45) is 2.11. The third kappa shape index (κ3) is 4.32. The molecule has 2 amide bonds. The molecule has 3 rings (SSSR count). The van der Waals surface area contributed by atoms with Gasteiger partial charge in [-0.1, -0.05) is 11.3 Å². The highest BCUT2D eigenvalue weighted by molar-refractivity contribution is 7.89. The lowest BCUT2D eigenvalue weighted by molar-refractivity contribution is -0.120. The van der Waals surface area contributed by atoms with Crippen LogP contribution in [0.1, 0.15) is 22.5 Å². The Hall–Kier alpha value is -2.50. The number of benzene rings is 1. The number of carbonyl (C=O) groups excluding carboxylic acids is 2. The van der Waals surface area contributed by atoms with E-state index < -0.39 is 15.9 Å². The fraction of sp³-hybridized carbons (Fsp3) is 0.353. The van der Waals surface area contributed by atoms with E-state index in [1.54, 1.807) is 12.1 Å². The molecule has 0 radical (unpaired) electrons. The average molecular weight is 425 g/mol. The second-order valence-electron chi connectivity index (χ2n) is 6.24. The molecule has 28 heavy (non-hydrogen) atoms. The molecular formula is C17H20N4O5S2. The molecule has 1 aliphatic rings. The van der Waals surface area contributed by atoms with Crippen LogP contribution >= 0.6 is 11.3 Å². The number of primary amides is 1. The number of amides is 2. The lowest BCUT2D eigenvalue weighted by Crippen LogP contribution is -2.41. The first-order valence-corrected chi connectivity index (χ1v) is 10.8. The summed E-state index contributed by atoms with van der Waals surface area (Å²) in [7, 11) is -2.10. The summed E-state index contributed by atoms with van der Waals surface area (Å²) >= 11 is 1.00. The number of hydrogen-bond acceptors (Lipinski definition) is 7. The van der Waals surface area contributed by atoms with Crippen molar-refractivity contribution in [3.8, 4) is 5.75 Å². The Labute approximate surface area is 166 Å². The van der Waals surface area contributed by atoms with Gasteiger partial charge in [0.05, 0.1) is 18.2 Å². The number of aromatic nitrogens is 1. The number of sulfonamides is 1. The molecule has 11 heteroatoms. The first-order valence-electron chi connectivity index (χ1n) is 8.52. The van der Waals surface area contributed by atoms with Crippen LogP contribution in [0.4, 0.5) is 5.13 Å². The van der Waals surface area contributed by atoms with Crippen LogP contribution in [-0.2, 0) is 14.8 Å². The molecule has 0 bridgehead atoms. The molecule has 1 aromatic heterocycles. The number of nitrogens with two attached hydrogens (primary N) is 1. The van der Waals surface area contributed by atoms with Gasteiger partial charge in [-0.3, -0.25) is 9.59 Å². The zero-order chi connectivity index (χ0) is 20.3. The van der Waals surface area contributed by atoms with Gasteiger partial charge < -0.3 is 15.8 Å². The molecule has 1 aromatic carbocycles. The largest absolute Gasteiger partial charge is 0.497 e. The second kappa shape index (κ2) is 8.25. The van der Waals surface area contributed by atoms with Crippen molar-refractivity contribution in [1.29, 1.82) is 0 Å². The van der Waals surface area contributed by atoms with Crippen molar-refractivity contribution < 1.29 is 22.7 Å². The topological polar surface area (TPSA) is 132 Å². The second-order valence-corrected chi connectivity index (χ2v) is 9.21. The summed E-state index contributed by atoms with van der Waals surface area (Å²) in [6.45, 7) is 0.494. The SMILES string of the molecule is COc1ccc(S(=O)(=O)N2CCC(C(=O)Nc3ncc(C(N)=O)s3)CC2)cc1. The van der Waals surface area contributed by atoms with Crippen molar-refractivity contribution in [2.24, 2.45) is 11.7 Å². The molecule has 150 valence electrons. The molecule has 3 N–H and O–H groups in total. The Morgan fingerprint density at radius 3 is 2.43 bits per heavy atom. The molecule has 9 nitrogen and oxygen atoms in total. The van der Waals surface area contributed by atoms with Gasteiger partial charge in [-0.2, -0.15) is 4.31 Å². The number of nitrogens with zero attached hydrogens (tertiary/aromatic N) is 2.